The second-order valence-corrected chi connectivity index (χ2v) is 8.35. The molecule has 5 heteroatoms. The summed E-state index contributed by atoms with van der Waals surface area (Å²) >= 11 is 0. The fourth-order valence-electron chi connectivity index (χ4n) is 4.54. The maximum absolute atomic E-state index is 12.2. The molecule has 1 spiro atoms. The van der Waals surface area contributed by atoms with E-state index >= 15 is 0 Å². The van der Waals surface area contributed by atoms with Crippen molar-refractivity contribution in [1.29, 1.82) is 0 Å². The molecule has 1 aliphatic carbocycles. The van der Waals surface area contributed by atoms with Crippen LogP contribution in [0.1, 0.15) is 45.4 Å². The van der Waals surface area contributed by atoms with Gasteiger partial charge in [-0.15, -0.1) is 0 Å². The number of carbonyl (C=O) groups is 1. The molecule has 27 heavy (non-hydrogen) atoms. The monoisotopic (exact) mass is 372 g/mol. The Morgan fingerprint density at radius 2 is 1.85 bits per heavy atom. The Kier molecular flexibility index (Phi) is 5.58. The summed E-state index contributed by atoms with van der Waals surface area (Å²) in [6.45, 7) is 7.57. The number of carbonyl (C=O) groups excluding carboxylic acids is 1. The summed E-state index contributed by atoms with van der Waals surface area (Å²) in [6, 6.07) is 8.44. The summed E-state index contributed by atoms with van der Waals surface area (Å²) < 4.78 is 11.5. The molecule has 3 fully saturated rings. The standard InChI is InChI=1S/C22H32N2O3/c1-2-26-19-4-3-5-20(16-19)27-15-14-23-12-10-22(11-13-23)9-8-21(25)24(17-22)18-6-7-18/h3-5,16,18H,2,6-15,17H2,1H3. The zero-order chi connectivity index (χ0) is 18.7. The van der Waals surface area contributed by atoms with Crippen LogP contribution in [0.15, 0.2) is 24.3 Å². The van der Waals surface area contributed by atoms with Crippen LogP contribution in [0.25, 0.3) is 0 Å². The predicted octanol–water partition coefficient (Wildman–Crippen LogP) is 3.33. The average molecular weight is 373 g/mol. The molecule has 4 rings (SSSR count). The van der Waals surface area contributed by atoms with Crippen LogP contribution in [0.5, 0.6) is 11.5 Å². The highest BCUT2D eigenvalue weighted by Gasteiger charge is 2.44. The SMILES string of the molecule is CCOc1cccc(OCCN2CCC3(CCC(=O)N(C4CC4)C3)CC2)c1. The van der Waals surface area contributed by atoms with Gasteiger partial charge in [0.1, 0.15) is 18.1 Å². The molecule has 5 nitrogen and oxygen atoms in total. The molecule has 2 saturated heterocycles. The van der Waals surface area contributed by atoms with Crippen molar-refractivity contribution >= 4 is 5.91 Å². The lowest BCUT2D eigenvalue weighted by atomic mass is 9.72. The van der Waals surface area contributed by atoms with Crippen LogP contribution in [-0.4, -0.2) is 61.1 Å². The second kappa shape index (κ2) is 8.09. The van der Waals surface area contributed by atoms with Crippen molar-refractivity contribution in [2.24, 2.45) is 5.41 Å². The van der Waals surface area contributed by atoms with Crippen molar-refractivity contribution in [2.75, 3.05) is 39.4 Å². The number of likely N-dealkylation sites (tertiary alicyclic amines) is 2. The van der Waals surface area contributed by atoms with Gasteiger partial charge in [-0.05, 0) is 69.7 Å². The van der Waals surface area contributed by atoms with E-state index in [4.69, 9.17) is 9.47 Å². The summed E-state index contributed by atoms with van der Waals surface area (Å²) in [5.41, 5.74) is 0.375. The molecule has 2 heterocycles. The lowest BCUT2D eigenvalue weighted by Gasteiger charge is -2.47. The molecular formula is C22H32N2O3. The molecule has 148 valence electrons. The number of piperidine rings is 2. The Morgan fingerprint density at radius 3 is 2.56 bits per heavy atom. The minimum atomic E-state index is 0.375. The van der Waals surface area contributed by atoms with Gasteiger partial charge in [-0.2, -0.15) is 0 Å². The van der Waals surface area contributed by atoms with E-state index in [1.165, 1.54) is 25.7 Å². The van der Waals surface area contributed by atoms with Gasteiger partial charge in [0.2, 0.25) is 5.91 Å². The van der Waals surface area contributed by atoms with Crippen LogP contribution in [0.4, 0.5) is 0 Å². The van der Waals surface area contributed by atoms with Crippen LogP contribution >= 0.6 is 0 Å². The molecule has 0 aromatic heterocycles. The van der Waals surface area contributed by atoms with Crippen LogP contribution < -0.4 is 9.47 Å². The highest BCUT2D eigenvalue weighted by atomic mass is 16.5. The van der Waals surface area contributed by atoms with E-state index in [9.17, 15) is 4.79 Å². The maximum atomic E-state index is 12.2. The largest absolute Gasteiger partial charge is 0.494 e. The van der Waals surface area contributed by atoms with Gasteiger partial charge in [0.15, 0.2) is 0 Å². The minimum absolute atomic E-state index is 0.375. The predicted molar refractivity (Wildman–Crippen MR) is 105 cm³/mol. The molecule has 0 bridgehead atoms. The molecule has 2 aliphatic heterocycles. The minimum Gasteiger partial charge on any atom is -0.494 e. The number of hydrogen-bond donors (Lipinski definition) is 0. The fourth-order valence-corrected chi connectivity index (χ4v) is 4.54. The summed E-state index contributed by atoms with van der Waals surface area (Å²) in [6.07, 6.45) is 6.71. The third-order valence-electron chi connectivity index (χ3n) is 6.39. The molecule has 0 unspecified atom stereocenters. The Labute approximate surface area is 162 Å². The molecule has 0 radical (unpaired) electrons. The molecule has 1 amide bonds. The Bertz CT molecular complexity index is 651. The highest BCUT2D eigenvalue weighted by Crippen LogP contribution is 2.43. The van der Waals surface area contributed by atoms with Crippen LogP contribution in [0, 0.1) is 5.41 Å². The summed E-state index contributed by atoms with van der Waals surface area (Å²) in [5.74, 6) is 2.13. The van der Waals surface area contributed by atoms with Gasteiger partial charge in [-0.1, -0.05) is 6.07 Å². The van der Waals surface area contributed by atoms with E-state index in [0.717, 1.165) is 50.5 Å². The van der Waals surface area contributed by atoms with Crippen molar-refractivity contribution < 1.29 is 14.3 Å². The van der Waals surface area contributed by atoms with Crippen molar-refractivity contribution in [3.8, 4) is 11.5 Å². The van der Waals surface area contributed by atoms with Gasteiger partial charge in [-0.3, -0.25) is 9.69 Å². The van der Waals surface area contributed by atoms with Gasteiger partial charge >= 0.3 is 0 Å². The van der Waals surface area contributed by atoms with Gasteiger partial charge in [-0.25, -0.2) is 0 Å². The summed E-state index contributed by atoms with van der Waals surface area (Å²) in [7, 11) is 0. The maximum Gasteiger partial charge on any atom is 0.222 e. The van der Waals surface area contributed by atoms with Crippen molar-refractivity contribution in [2.45, 2.75) is 51.5 Å². The molecular weight excluding hydrogens is 340 g/mol. The highest BCUT2D eigenvalue weighted by molar-refractivity contribution is 5.77. The Hall–Kier alpha value is -1.75. The first-order valence-corrected chi connectivity index (χ1v) is 10.5. The fraction of sp³-hybridized carbons (Fsp3) is 0.682. The first-order chi connectivity index (χ1) is 13.2. The van der Waals surface area contributed by atoms with Crippen molar-refractivity contribution in [3.05, 3.63) is 24.3 Å². The lowest BCUT2D eigenvalue weighted by molar-refractivity contribution is -0.139. The van der Waals surface area contributed by atoms with Crippen LogP contribution in [-0.2, 0) is 4.79 Å². The summed E-state index contributed by atoms with van der Waals surface area (Å²) in [4.78, 5) is 16.9. The van der Waals surface area contributed by atoms with E-state index in [1.807, 2.05) is 31.2 Å². The van der Waals surface area contributed by atoms with Crippen molar-refractivity contribution in [1.82, 2.24) is 9.80 Å². The number of amides is 1. The van der Waals surface area contributed by atoms with E-state index in [1.54, 1.807) is 0 Å². The molecule has 0 atom stereocenters. The lowest BCUT2D eigenvalue weighted by Crippen LogP contribution is -2.52. The van der Waals surface area contributed by atoms with Gasteiger partial charge in [0.05, 0.1) is 6.61 Å². The van der Waals surface area contributed by atoms with Crippen molar-refractivity contribution in [3.63, 3.8) is 0 Å². The van der Waals surface area contributed by atoms with Gasteiger partial charge < -0.3 is 14.4 Å². The third kappa shape index (κ3) is 4.57. The zero-order valence-corrected chi connectivity index (χ0v) is 16.5. The normalized spacial score (nSPS) is 22.9. The number of ether oxygens (including phenoxy) is 2. The number of nitrogens with zero attached hydrogens (tertiary/aromatic N) is 2. The first kappa shape index (κ1) is 18.6. The summed E-state index contributed by atoms with van der Waals surface area (Å²) in [5, 5.41) is 0. The molecule has 1 saturated carbocycles. The molecule has 0 N–H and O–H groups in total. The van der Waals surface area contributed by atoms with E-state index in [0.29, 0.717) is 30.6 Å². The van der Waals surface area contributed by atoms with Crippen LogP contribution in [0.2, 0.25) is 0 Å². The zero-order valence-electron chi connectivity index (χ0n) is 16.5. The topological polar surface area (TPSA) is 42.0 Å². The Balaban J connectivity index is 1.22. The Morgan fingerprint density at radius 1 is 1.11 bits per heavy atom. The number of benzene rings is 1. The van der Waals surface area contributed by atoms with E-state index in [-0.39, 0.29) is 0 Å². The smallest absolute Gasteiger partial charge is 0.222 e. The van der Waals surface area contributed by atoms with E-state index < -0.39 is 0 Å². The molecule has 3 aliphatic rings. The third-order valence-corrected chi connectivity index (χ3v) is 6.39. The second-order valence-electron chi connectivity index (χ2n) is 8.35. The molecule has 1 aromatic carbocycles. The van der Waals surface area contributed by atoms with Gasteiger partial charge in [0, 0.05) is 31.6 Å². The van der Waals surface area contributed by atoms with E-state index in [2.05, 4.69) is 9.80 Å². The van der Waals surface area contributed by atoms with Crippen LogP contribution in [0.3, 0.4) is 0 Å². The first-order valence-electron chi connectivity index (χ1n) is 10.5. The quantitative estimate of drug-likeness (QED) is 0.736. The average Bonchev–Trinajstić information content (AvgIpc) is 3.52. The van der Waals surface area contributed by atoms with Gasteiger partial charge in [0.25, 0.3) is 0 Å². The number of hydrogen-bond acceptors (Lipinski definition) is 4. The molecule has 1 aromatic rings. The number of rotatable bonds is 7.